The second-order valence-corrected chi connectivity index (χ2v) is 6.99. The van der Waals surface area contributed by atoms with Crippen LogP contribution in [0, 0.1) is 11.6 Å². The van der Waals surface area contributed by atoms with E-state index >= 15 is 0 Å². The van der Waals surface area contributed by atoms with Gasteiger partial charge in [-0.2, -0.15) is 5.10 Å². The van der Waals surface area contributed by atoms with E-state index in [4.69, 9.17) is 9.15 Å². The number of benzene rings is 2. The maximum atomic E-state index is 13.6. The first-order chi connectivity index (χ1) is 15.9. The first-order valence-electron chi connectivity index (χ1n) is 9.76. The number of anilines is 2. The number of hydrogen-bond donors (Lipinski definition) is 2. The minimum absolute atomic E-state index is 0.0284. The fraction of sp³-hybridized carbons (Fsp3) is 0.0870. The van der Waals surface area contributed by atoms with Gasteiger partial charge in [0.2, 0.25) is 0 Å². The SMILES string of the molecule is Cn1ccc(C(=O)Nc2ccc(NC(=O)c3ccc(COc4ccc(F)cc4F)o3)cc2)n1. The number of carbonyl (C=O) groups is 2. The predicted molar refractivity (Wildman–Crippen MR) is 115 cm³/mol. The summed E-state index contributed by atoms with van der Waals surface area (Å²) in [5.41, 5.74) is 1.31. The van der Waals surface area contributed by atoms with Gasteiger partial charge in [0.15, 0.2) is 23.0 Å². The molecule has 0 atom stereocenters. The highest BCUT2D eigenvalue weighted by Crippen LogP contribution is 2.20. The molecule has 2 heterocycles. The maximum absolute atomic E-state index is 13.6. The Morgan fingerprint density at radius 1 is 0.970 bits per heavy atom. The minimum Gasteiger partial charge on any atom is -0.483 e. The smallest absolute Gasteiger partial charge is 0.291 e. The Hall–Kier alpha value is -4.47. The van der Waals surface area contributed by atoms with Gasteiger partial charge in [0.25, 0.3) is 11.8 Å². The second kappa shape index (κ2) is 9.35. The molecule has 4 rings (SSSR count). The second-order valence-electron chi connectivity index (χ2n) is 6.99. The van der Waals surface area contributed by atoms with Crippen LogP contribution in [0.15, 0.2) is 71.3 Å². The molecule has 8 nitrogen and oxygen atoms in total. The van der Waals surface area contributed by atoms with Crippen LogP contribution < -0.4 is 15.4 Å². The molecule has 168 valence electrons. The van der Waals surface area contributed by atoms with Crippen LogP contribution in [0.5, 0.6) is 5.75 Å². The standard InChI is InChI=1S/C23H18F2N4O4/c1-29-11-10-19(28-29)22(30)26-15-3-5-16(6-4-15)27-23(31)21-9-7-17(33-21)13-32-20-8-2-14(24)12-18(20)25/h2-12H,13H2,1H3,(H,26,30)(H,27,31). The molecule has 2 aromatic carbocycles. The summed E-state index contributed by atoms with van der Waals surface area (Å²) in [4.78, 5) is 24.6. The Kier molecular flexibility index (Phi) is 6.16. The van der Waals surface area contributed by atoms with E-state index in [1.54, 1.807) is 43.6 Å². The number of aromatic nitrogens is 2. The summed E-state index contributed by atoms with van der Waals surface area (Å²) in [7, 11) is 1.72. The normalized spacial score (nSPS) is 10.6. The van der Waals surface area contributed by atoms with E-state index in [-0.39, 0.29) is 35.5 Å². The third-order valence-corrected chi connectivity index (χ3v) is 4.50. The van der Waals surface area contributed by atoms with Gasteiger partial charge >= 0.3 is 0 Å². The van der Waals surface area contributed by atoms with E-state index in [0.29, 0.717) is 17.4 Å². The molecule has 0 aliphatic heterocycles. The van der Waals surface area contributed by atoms with Crippen molar-refractivity contribution in [3.05, 3.63) is 95.7 Å². The molecule has 0 aliphatic carbocycles. The first kappa shape index (κ1) is 21.8. The van der Waals surface area contributed by atoms with Crippen molar-refractivity contribution in [2.75, 3.05) is 10.6 Å². The van der Waals surface area contributed by atoms with Crippen LogP contribution >= 0.6 is 0 Å². The zero-order chi connectivity index (χ0) is 23.4. The summed E-state index contributed by atoms with van der Waals surface area (Å²) >= 11 is 0. The van der Waals surface area contributed by atoms with Crippen molar-refractivity contribution in [3.8, 4) is 5.75 Å². The molecule has 0 aliphatic rings. The molecule has 2 N–H and O–H groups in total. The summed E-state index contributed by atoms with van der Waals surface area (Å²) in [6, 6.07) is 14.0. The van der Waals surface area contributed by atoms with Gasteiger partial charge in [0.05, 0.1) is 0 Å². The number of nitrogens with one attached hydrogen (secondary N) is 2. The number of aryl methyl sites for hydroxylation is 1. The lowest BCUT2D eigenvalue weighted by atomic mass is 10.2. The number of furan rings is 1. The lowest BCUT2D eigenvalue weighted by molar-refractivity contribution is 0.0990. The molecule has 10 heteroatoms. The molecule has 0 fully saturated rings. The number of carbonyl (C=O) groups excluding carboxylic acids is 2. The minimum atomic E-state index is -0.834. The van der Waals surface area contributed by atoms with E-state index < -0.39 is 17.5 Å². The van der Waals surface area contributed by atoms with Gasteiger partial charge in [-0.25, -0.2) is 8.78 Å². The average Bonchev–Trinajstić information content (AvgIpc) is 3.44. The number of halogens is 2. The quantitative estimate of drug-likeness (QED) is 0.434. The van der Waals surface area contributed by atoms with E-state index in [1.807, 2.05) is 0 Å². The van der Waals surface area contributed by atoms with Gasteiger partial charge in [0.1, 0.15) is 18.2 Å². The Morgan fingerprint density at radius 3 is 2.30 bits per heavy atom. The lowest BCUT2D eigenvalue weighted by Crippen LogP contribution is -2.13. The van der Waals surface area contributed by atoms with Gasteiger partial charge in [-0.3, -0.25) is 14.3 Å². The molecule has 0 spiro atoms. The molecule has 0 radical (unpaired) electrons. The number of rotatable bonds is 7. The summed E-state index contributed by atoms with van der Waals surface area (Å²) < 4.78 is 38.8. The third-order valence-electron chi connectivity index (χ3n) is 4.50. The average molecular weight is 452 g/mol. The van der Waals surface area contributed by atoms with Crippen molar-refractivity contribution in [2.24, 2.45) is 7.05 Å². The highest BCUT2D eigenvalue weighted by atomic mass is 19.1. The molecule has 33 heavy (non-hydrogen) atoms. The van der Waals surface area contributed by atoms with Crippen molar-refractivity contribution in [2.45, 2.75) is 6.61 Å². The highest BCUT2D eigenvalue weighted by Gasteiger charge is 2.14. The molecule has 0 unspecified atom stereocenters. The van der Waals surface area contributed by atoms with E-state index in [2.05, 4.69) is 15.7 Å². The van der Waals surface area contributed by atoms with Crippen molar-refractivity contribution in [1.82, 2.24) is 9.78 Å². The fourth-order valence-electron chi connectivity index (χ4n) is 2.88. The molecule has 2 aromatic heterocycles. The van der Waals surface area contributed by atoms with E-state index in [0.717, 1.165) is 6.07 Å². The first-order valence-corrected chi connectivity index (χ1v) is 9.76. The van der Waals surface area contributed by atoms with Crippen LogP contribution in [-0.2, 0) is 13.7 Å². The van der Waals surface area contributed by atoms with E-state index in [9.17, 15) is 18.4 Å². The molecule has 0 saturated carbocycles. The Balaban J connectivity index is 1.32. The maximum Gasteiger partial charge on any atom is 0.291 e. The molecular formula is C23H18F2N4O4. The monoisotopic (exact) mass is 452 g/mol. The number of nitrogens with zero attached hydrogens (tertiary/aromatic N) is 2. The van der Waals surface area contributed by atoms with Gasteiger partial charge in [-0.15, -0.1) is 0 Å². The Morgan fingerprint density at radius 2 is 1.67 bits per heavy atom. The molecule has 0 bridgehead atoms. The van der Waals surface area contributed by atoms with Gasteiger partial charge in [-0.1, -0.05) is 0 Å². The van der Waals surface area contributed by atoms with Gasteiger partial charge in [-0.05, 0) is 54.6 Å². The zero-order valence-electron chi connectivity index (χ0n) is 17.3. The largest absolute Gasteiger partial charge is 0.483 e. The highest BCUT2D eigenvalue weighted by molar-refractivity contribution is 6.04. The molecule has 4 aromatic rings. The third kappa shape index (κ3) is 5.42. The zero-order valence-corrected chi connectivity index (χ0v) is 17.3. The van der Waals surface area contributed by atoms with Crippen LogP contribution in [-0.4, -0.2) is 21.6 Å². The molecular weight excluding hydrogens is 434 g/mol. The summed E-state index contributed by atoms with van der Waals surface area (Å²) in [6.45, 7) is -0.138. The summed E-state index contributed by atoms with van der Waals surface area (Å²) in [5.74, 6) is -2.21. The fourth-order valence-corrected chi connectivity index (χ4v) is 2.88. The molecule has 2 amide bonds. The van der Waals surface area contributed by atoms with Crippen molar-refractivity contribution in [3.63, 3.8) is 0 Å². The Labute approximate surface area is 186 Å². The number of amides is 2. The topological polar surface area (TPSA) is 98.4 Å². The van der Waals surface area contributed by atoms with Crippen LogP contribution in [0.1, 0.15) is 26.8 Å². The van der Waals surface area contributed by atoms with Crippen LogP contribution in [0.3, 0.4) is 0 Å². The van der Waals surface area contributed by atoms with E-state index in [1.165, 1.54) is 22.9 Å². The number of ether oxygens (including phenoxy) is 1. The van der Waals surface area contributed by atoms with Crippen molar-refractivity contribution in [1.29, 1.82) is 0 Å². The van der Waals surface area contributed by atoms with Crippen LogP contribution in [0.2, 0.25) is 0 Å². The van der Waals surface area contributed by atoms with Crippen LogP contribution in [0.4, 0.5) is 20.2 Å². The Bertz CT molecular complexity index is 1300. The van der Waals surface area contributed by atoms with Gasteiger partial charge < -0.3 is 19.8 Å². The van der Waals surface area contributed by atoms with Crippen molar-refractivity contribution >= 4 is 23.2 Å². The number of hydrogen-bond acceptors (Lipinski definition) is 5. The van der Waals surface area contributed by atoms with Crippen LogP contribution in [0.25, 0.3) is 0 Å². The van der Waals surface area contributed by atoms with Crippen molar-refractivity contribution < 1.29 is 27.5 Å². The summed E-state index contributed by atoms with van der Waals surface area (Å²) in [6.07, 6.45) is 1.67. The van der Waals surface area contributed by atoms with Gasteiger partial charge in [0, 0.05) is 30.7 Å². The lowest BCUT2D eigenvalue weighted by Gasteiger charge is -2.07. The summed E-state index contributed by atoms with van der Waals surface area (Å²) in [5, 5.41) is 9.42. The molecule has 0 saturated heterocycles. The predicted octanol–water partition coefficient (Wildman–Crippen LogP) is 4.37.